The van der Waals surface area contributed by atoms with Gasteiger partial charge in [-0.1, -0.05) is 30.4 Å². The monoisotopic (exact) mass is 275 g/mol. The smallest absolute Gasteiger partial charge is 0.418 e. The molecule has 0 aromatic heterocycles. The molecule has 0 aliphatic carbocycles. The number of amides is 1. The summed E-state index contributed by atoms with van der Waals surface area (Å²) in [5.74, 6) is -0.424. The highest BCUT2D eigenvalue weighted by Gasteiger charge is 2.22. The average molecular weight is 275 g/mol. The second kappa shape index (κ2) is 5.49. The molecule has 0 bridgehead atoms. The van der Waals surface area contributed by atoms with E-state index in [9.17, 15) is 9.18 Å². The van der Waals surface area contributed by atoms with Crippen LogP contribution in [0.25, 0.3) is 0 Å². The normalized spacial score (nSPS) is 15.5. The van der Waals surface area contributed by atoms with E-state index in [4.69, 9.17) is 4.74 Å². The Hall–Kier alpha value is -2.10. The fourth-order valence-corrected chi connectivity index (χ4v) is 1.87. The van der Waals surface area contributed by atoms with Crippen molar-refractivity contribution >= 4 is 6.09 Å². The van der Waals surface area contributed by atoms with Gasteiger partial charge >= 0.3 is 6.09 Å². The van der Waals surface area contributed by atoms with Gasteiger partial charge in [0.25, 0.3) is 0 Å². The van der Waals surface area contributed by atoms with E-state index >= 15 is 0 Å². The Balaban J connectivity index is 2.07. The summed E-state index contributed by atoms with van der Waals surface area (Å²) in [7, 11) is 0. The topological polar surface area (TPSA) is 29.5 Å². The molecular formula is C16H18FNO2. The van der Waals surface area contributed by atoms with Gasteiger partial charge in [0.2, 0.25) is 0 Å². The Bertz CT molecular complexity index is 544. The van der Waals surface area contributed by atoms with Gasteiger partial charge in [-0.3, -0.25) is 4.90 Å². The highest BCUT2D eigenvalue weighted by Crippen LogP contribution is 2.25. The summed E-state index contributed by atoms with van der Waals surface area (Å²) < 4.78 is 18.9. The number of carbonyl (C=O) groups excluding carboxylic acids is 1. The first-order valence-corrected chi connectivity index (χ1v) is 6.49. The van der Waals surface area contributed by atoms with Crippen LogP contribution in [0, 0.1) is 5.82 Å². The SMILES string of the molecule is CC(C)(C)OC(=O)N1C=CC(c2ccccc2F)C=C1. The summed E-state index contributed by atoms with van der Waals surface area (Å²) in [6, 6.07) is 6.61. The van der Waals surface area contributed by atoms with Crippen LogP contribution >= 0.6 is 0 Å². The Morgan fingerprint density at radius 1 is 1.20 bits per heavy atom. The Morgan fingerprint density at radius 2 is 1.80 bits per heavy atom. The molecule has 0 saturated carbocycles. The maximum atomic E-state index is 13.7. The third kappa shape index (κ3) is 3.47. The van der Waals surface area contributed by atoms with E-state index in [0.29, 0.717) is 5.56 Å². The largest absolute Gasteiger partial charge is 0.443 e. The number of hydrogen-bond donors (Lipinski definition) is 0. The van der Waals surface area contributed by atoms with Crippen LogP contribution in [0.3, 0.4) is 0 Å². The van der Waals surface area contributed by atoms with E-state index in [1.54, 1.807) is 42.8 Å². The number of nitrogens with zero attached hydrogens (tertiary/aromatic N) is 1. The minimum atomic E-state index is -0.541. The molecule has 1 amide bonds. The lowest BCUT2D eigenvalue weighted by atomic mass is 9.97. The molecule has 1 heterocycles. The van der Waals surface area contributed by atoms with E-state index in [-0.39, 0.29) is 11.7 Å². The van der Waals surface area contributed by atoms with Gasteiger partial charge in [-0.25, -0.2) is 9.18 Å². The molecule has 0 fully saturated rings. The van der Waals surface area contributed by atoms with Crippen molar-refractivity contribution in [2.45, 2.75) is 32.3 Å². The van der Waals surface area contributed by atoms with Crippen LogP contribution in [0.2, 0.25) is 0 Å². The van der Waals surface area contributed by atoms with Crippen molar-refractivity contribution < 1.29 is 13.9 Å². The first-order valence-electron chi connectivity index (χ1n) is 6.49. The summed E-state index contributed by atoms with van der Waals surface area (Å²) in [6.45, 7) is 5.43. The molecule has 1 aromatic rings. The van der Waals surface area contributed by atoms with Crippen LogP contribution in [0.5, 0.6) is 0 Å². The van der Waals surface area contributed by atoms with Crippen molar-refractivity contribution in [2.75, 3.05) is 0 Å². The van der Waals surface area contributed by atoms with Crippen molar-refractivity contribution in [3.63, 3.8) is 0 Å². The summed E-state index contributed by atoms with van der Waals surface area (Å²) in [5, 5.41) is 0. The van der Waals surface area contributed by atoms with E-state index in [1.807, 2.05) is 20.8 Å². The molecule has 1 aromatic carbocycles. The number of benzene rings is 1. The lowest BCUT2D eigenvalue weighted by molar-refractivity contribution is 0.0397. The molecule has 0 atom stereocenters. The second-order valence-electron chi connectivity index (χ2n) is 5.62. The van der Waals surface area contributed by atoms with Crippen molar-refractivity contribution in [1.29, 1.82) is 0 Å². The number of hydrogen-bond acceptors (Lipinski definition) is 2. The molecule has 0 saturated heterocycles. The summed E-state index contributed by atoms with van der Waals surface area (Å²) >= 11 is 0. The van der Waals surface area contributed by atoms with Crippen molar-refractivity contribution in [1.82, 2.24) is 4.90 Å². The first-order chi connectivity index (χ1) is 9.37. The third-order valence-corrected chi connectivity index (χ3v) is 2.78. The van der Waals surface area contributed by atoms with Gasteiger partial charge in [0.05, 0.1) is 0 Å². The van der Waals surface area contributed by atoms with Crippen LogP contribution in [0.1, 0.15) is 32.3 Å². The lowest BCUT2D eigenvalue weighted by Gasteiger charge is -2.25. The quantitative estimate of drug-likeness (QED) is 0.769. The molecule has 3 nitrogen and oxygen atoms in total. The minimum Gasteiger partial charge on any atom is -0.443 e. The Kier molecular flexibility index (Phi) is 3.93. The van der Waals surface area contributed by atoms with Crippen LogP contribution < -0.4 is 0 Å². The van der Waals surface area contributed by atoms with Crippen LogP contribution in [0.4, 0.5) is 9.18 Å². The maximum Gasteiger partial charge on any atom is 0.418 e. The van der Waals surface area contributed by atoms with Crippen molar-refractivity contribution in [2.24, 2.45) is 0 Å². The summed E-state index contributed by atoms with van der Waals surface area (Å²) in [5.41, 5.74) is 0.0464. The predicted octanol–water partition coefficient (Wildman–Crippen LogP) is 4.19. The number of allylic oxidation sites excluding steroid dienone is 2. The minimum absolute atomic E-state index is 0.171. The van der Waals surface area contributed by atoms with Crippen molar-refractivity contribution in [3.8, 4) is 0 Å². The van der Waals surface area contributed by atoms with E-state index in [0.717, 1.165) is 0 Å². The maximum absolute atomic E-state index is 13.7. The zero-order chi connectivity index (χ0) is 14.8. The molecule has 2 rings (SSSR count). The molecule has 0 radical (unpaired) electrons. The molecule has 4 heteroatoms. The fraction of sp³-hybridized carbons (Fsp3) is 0.312. The molecule has 20 heavy (non-hydrogen) atoms. The van der Waals surface area contributed by atoms with Crippen LogP contribution in [-0.4, -0.2) is 16.6 Å². The molecule has 106 valence electrons. The van der Waals surface area contributed by atoms with Crippen LogP contribution in [0.15, 0.2) is 48.8 Å². The number of ether oxygens (including phenoxy) is 1. The predicted molar refractivity (Wildman–Crippen MR) is 75.5 cm³/mol. The fourth-order valence-electron chi connectivity index (χ4n) is 1.87. The number of halogens is 1. The molecule has 0 unspecified atom stereocenters. The summed E-state index contributed by atoms with van der Waals surface area (Å²) in [6.07, 6.45) is 6.29. The van der Waals surface area contributed by atoms with E-state index < -0.39 is 11.7 Å². The molecule has 1 aliphatic heterocycles. The van der Waals surface area contributed by atoms with Crippen molar-refractivity contribution in [3.05, 3.63) is 60.2 Å². The number of rotatable bonds is 1. The van der Waals surface area contributed by atoms with Gasteiger partial charge in [-0.2, -0.15) is 0 Å². The van der Waals surface area contributed by atoms with Gasteiger partial charge in [-0.05, 0) is 32.4 Å². The van der Waals surface area contributed by atoms with E-state index in [1.165, 1.54) is 11.0 Å². The molecule has 1 aliphatic rings. The highest BCUT2D eigenvalue weighted by molar-refractivity contribution is 5.71. The average Bonchev–Trinajstić information content (AvgIpc) is 2.37. The first kappa shape index (κ1) is 14.3. The zero-order valence-corrected chi connectivity index (χ0v) is 11.8. The standard InChI is InChI=1S/C16H18FNO2/c1-16(2,3)20-15(19)18-10-8-12(9-11-18)13-6-4-5-7-14(13)17/h4-12H,1-3H3. The van der Waals surface area contributed by atoms with Crippen LogP contribution in [-0.2, 0) is 4.74 Å². The van der Waals surface area contributed by atoms with Gasteiger partial charge < -0.3 is 4.74 Å². The molecule has 0 spiro atoms. The van der Waals surface area contributed by atoms with Gasteiger partial charge in [0.15, 0.2) is 0 Å². The van der Waals surface area contributed by atoms with Gasteiger partial charge in [0.1, 0.15) is 11.4 Å². The Morgan fingerprint density at radius 3 is 2.35 bits per heavy atom. The lowest BCUT2D eigenvalue weighted by Crippen LogP contribution is -2.31. The Labute approximate surface area is 118 Å². The van der Waals surface area contributed by atoms with Gasteiger partial charge in [-0.15, -0.1) is 0 Å². The molecular weight excluding hydrogens is 257 g/mol. The molecule has 0 N–H and O–H groups in total. The summed E-state index contributed by atoms with van der Waals surface area (Å²) in [4.78, 5) is 13.2. The number of carbonyl (C=O) groups is 1. The second-order valence-corrected chi connectivity index (χ2v) is 5.62. The third-order valence-electron chi connectivity index (χ3n) is 2.78. The highest BCUT2D eigenvalue weighted by atomic mass is 19.1. The van der Waals surface area contributed by atoms with E-state index in [2.05, 4.69) is 0 Å². The van der Waals surface area contributed by atoms with Gasteiger partial charge in [0, 0.05) is 18.3 Å². The zero-order valence-electron chi connectivity index (χ0n) is 11.8.